The van der Waals surface area contributed by atoms with Gasteiger partial charge in [0.15, 0.2) is 5.78 Å². The van der Waals surface area contributed by atoms with E-state index in [9.17, 15) is 14.4 Å². The summed E-state index contributed by atoms with van der Waals surface area (Å²) in [5.41, 5.74) is 2.60. The Kier molecular flexibility index (Phi) is 5.86. The maximum atomic E-state index is 12.5. The van der Waals surface area contributed by atoms with Crippen LogP contribution in [-0.2, 0) is 9.59 Å². The predicted octanol–water partition coefficient (Wildman–Crippen LogP) is 3.57. The first-order valence-corrected chi connectivity index (χ1v) is 9.40. The summed E-state index contributed by atoms with van der Waals surface area (Å²) >= 11 is 0. The quantitative estimate of drug-likeness (QED) is 0.627. The number of nitrogens with zero attached hydrogens (tertiary/aromatic N) is 1. The van der Waals surface area contributed by atoms with Gasteiger partial charge in [-0.2, -0.15) is 0 Å². The van der Waals surface area contributed by atoms with Gasteiger partial charge in [-0.25, -0.2) is 0 Å². The number of allylic oxidation sites excluding steroid dienone is 1. The van der Waals surface area contributed by atoms with E-state index < -0.39 is 0 Å². The Balaban J connectivity index is 1.54. The Morgan fingerprint density at radius 3 is 2.85 bits per heavy atom. The van der Waals surface area contributed by atoms with Gasteiger partial charge in [0.25, 0.3) is 0 Å². The molecule has 0 radical (unpaired) electrons. The number of carbonyl (C=O) groups is 3. The summed E-state index contributed by atoms with van der Waals surface area (Å²) in [4.78, 5) is 38.0. The number of Topliss-reactive ketones (excluding diaryl/α,β-unsaturated/α-hetero) is 1. The minimum Gasteiger partial charge on any atom is -0.342 e. The van der Waals surface area contributed by atoms with Gasteiger partial charge < -0.3 is 10.2 Å². The highest BCUT2D eigenvalue weighted by molar-refractivity contribution is 5.99. The van der Waals surface area contributed by atoms with Crippen LogP contribution in [0.4, 0.5) is 5.69 Å². The van der Waals surface area contributed by atoms with E-state index in [2.05, 4.69) is 11.4 Å². The van der Waals surface area contributed by atoms with E-state index in [0.29, 0.717) is 24.3 Å². The van der Waals surface area contributed by atoms with E-state index in [1.165, 1.54) is 25.3 Å². The minimum absolute atomic E-state index is 0.0414. The van der Waals surface area contributed by atoms with E-state index >= 15 is 0 Å². The van der Waals surface area contributed by atoms with Gasteiger partial charge in [-0.3, -0.25) is 14.4 Å². The summed E-state index contributed by atoms with van der Waals surface area (Å²) in [6.07, 6.45) is 8.27. The zero-order valence-electron chi connectivity index (χ0n) is 15.3. The minimum atomic E-state index is -0.330. The number of ketones is 1. The maximum Gasteiger partial charge on any atom is 0.229 e. The molecule has 2 aliphatic rings. The first-order valence-electron chi connectivity index (χ1n) is 9.40. The largest absolute Gasteiger partial charge is 0.342 e. The lowest BCUT2D eigenvalue weighted by Gasteiger charge is -2.19. The number of amides is 2. The van der Waals surface area contributed by atoms with Crippen molar-refractivity contribution >= 4 is 23.3 Å². The van der Waals surface area contributed by atoms with E-state index in [4.69, 9.17) is 0 Å². The molecular weight excluding hydrogens is 328 g/mol. The van der Waals surface area contributed by atoms with Crippen molar-refractivity contribution in [2.45, 2.75) is 45.4 Å². The van der Waals surface area contributed by atoms with Gasteiger partial charge in [-0.05, 0) is 51.2 Å². The van der Waals surface area contributed by atoms with Crippen LogP contribution in [0.5, 0.6) is 0 Å². The summed E-state index contributed by atoms with van der Waals surface area (Å²) in [7, 11) is 0. The Labute approximate surface area is 154 Å². The summed E-state index contributed by atoms with van der Waals surface area (Å²) < 4.78 is 0. The fourth-order valence-electron chi connectivity index (χ4n) is 3.63. The van der Waals surface area contributed by atoms with E-state index in [0.717, 1.165) is 19.3 Å². The van der Waals surface area contributed by atoms with Crippen LogP contribution in [0.3, 0.4) is 0 Å². The average molecular weight is 354 g/mol. The van der Waals surface area contributed by atoms with Gasteiger partial charge in [0.2, 0.25) is 11.8 Å². The smallest absolute Gasteiger partial charge is 0.229 e. The summed E-state index contributed by atoms with van der Waals surface area (Å²) in [6.45, 7) is 2.68. The van der Waals surface area contributed by atoms with E-state index in [1.807, 2.05) is 4.90 Å². The Hall–Kier alpha value is -2.43. The Bertz CT molecular complexity index is 739. The van der Waals surface area contributed by atoms with Gasteiger partial charge in [-0.15, -0.1) is 0 Å². The molecule has 5 heteroatoms. The molecule has 3 rings (SSSR count). The molecular formula is C21H26N2O3. The molecule has 1 fully saturated rings. The van der Waals surface area contributed by atoms with Crippen LogP contribution in [0.1, 0.15) is 55.8 Å². The maximum absolute atomic E-state index is 12.5. The summed E-state index contributed by atoms with van der Waals surface area (Å²) in [5, 5.41) is 2.84. The molecule has 1 aliphatic heterocycles. The highest BCUT2D eigenvalue weighted by Crippen LogP contribution is 2.24. The molecule has 0 saturated carbocycles. The van der Waals surface area contributed by atoms with Gasteiger partial charge in [0.05, 0.1) is 5.92 Å². The van der Waals surface area contributed by atoms with Crippen LogP contribution < -0.4 is 5.32 Å². The van der Waals surface area contributed by atoms with Gasteiger partial charge >= 0.3 is 0 Å². The number of rotatable bonds is 6. The van der Waals surface area contributed by atoms with Crippen LogP contribution >= 0.6 is 0 Å². The van der Waals surface area contributed by atoms with E-state index in [-0.39, 0.29) is 29.9 Å². The van der Waals surface area contributed by atoms with Gasteiger partial charge in [0.1, 0.15) is 0 Å². The molecule has 1 saturated heterocycles. The van der Waals surface area contributed by atoms with Gasteiger partial charge in [-0.1, -0.05) is 23.8 Å². The molecule has 1 unspecified atom stereocenters. The second kappa shape index (κ2) is 8.30. The predicted molar refractivity (Wildman–Crippen MR) is 101 cm³/mol. The lowest BCUT2D eigenvalue weighted by atomic mass is 9.97. The SMILES string of the molecule is CC(=O)c1cccc(NC(=O)C2CC(=O)N(CCC3=CCCCC3)C2)c1. The molecule has 5 nitrogen and oxygen atoms in total. The first kappa shape index (κ1) is 18.4. The van der Waals surface area contributed by atoms with Crippen molar-refractivity contribution in [1.82, 2.24) is 4.90 Å². The normalized spacial score (nSPS) is 20.0. The number of hydrogen-bond acceptors (Lipinski definition) is 3. The fraction of sp³-hybridized carbons (Fsp3) is 0.476. The topological polar surface area (TPSA) is 66.5 Å². The summed E-state index contributed by atoms with van der Waals surface area (Å²) in [5.74, 6) is -0.471. The van der Waals surface area contributed by atoms with Crippen molar-refractivity contribution in [3.63, 3.8) is 0 Å². The fourth-order valence-corrected chi connectivity index (χ4v) is 3.63. The zero-order valence-corrected chi connectivity index (χ0v) is 15.3. The molecule has 1 heterocycles. The number of hydrogen-bond donors (Lipinski definition) is 1. The Morgan fingerprint density at radius 2 is 2.12 bits per heavy atom. The van der Waals surface area contributed by atoms with Crippen LogP contribution in [-0.4, -0.2) is 35.6 Å². The molecule has 0 bridgehead atoms. The molecule has 138 valence electrons. The third kappa shape index (κ3) is 4.59. The molecule has 0 spiro atoms. The standard InChI is InChI=1S/C21H26N2O3/c1-15(24)17-8-5-9-19(12-17)22-21(26)18-13-20(25)23(14-18)11-10-16-6-3-2-4-7-16/h5-6,8-9,12,18H,2-4,7,10-11,13-14H2,1H3,(H,22,26). The van der Waals surface area contributed by atoms with Crippen molar-refractivity contribution in [3.05, 3.63) is 41.5 Å². The molecule has 1 aromatic carbocycles. The van der Waals surface area contributed by atoms with Crippen LogP contribution in [0, 0.1) is 5.92 Å². The number of likely N-dealkylation sites (tertiary alicyclic amines) is 1. The van der Waals surface area contributed by atoms with Crippen molar-refractivity contribution in [2.75, 3.05) is 18.4 Å². The number of anilines is 1. The number of benzene rings is 1. The number of carbonyl (C=O) groups excluding carboxylic acids is 3. The van der Waals surface area contributed by atoms with Crippen LogP contribution in [0.15, 0.2) is 35.9 Å². The van der Waals surface area contributed by atoms with Crippen molar-refractivity contribution in [2.24, 2.45) is 5.92 Å². The van der Waals surface area contributed by atoms with Crippen LogP contribution in [0.25, 0.3) is 0 Å². The molecule has 1 aliphatic carbocycles. The first-order chi connectivity index (χ1) is 12.5. The summed E-state index contributed by atoms with van der Waals surface area (Å²) in [6, 6.07) is 6.90. The van der Waals surface area contributed by atoms with Crippen molar-refractivity contribution in [3.8, 4) is 0 Å². The second-order valence-electron chi connectivity index (χ2n) is 7.23. The monoisotopic (exact) mass is 354 g/mol. The lowest BCUT2D eigenvalue weighted by molar-refractivity contribution is -0.128. The average Bonchev–Trinajstić information content (AvgIpc) is 3.02. The molecule has 1 aromatic rings. The van der Waals surface area contributed by atoms with E-state index in [1.54, 1.807) is 24.3 Å². The third-order valence-electron chi connectivity index (χ3n) is 5.21. The highest BCUT2D eigenvalue weighted by atomic mass is 16.2. The van der Waals surface area contributed by atoms with Crippen molar-refractivity contribution < 1.29 is 14.4 Å². The molecule has 0 aromatic heterocycles. The van der Waals surface area contributed by atoms with Crippen LogP contribution in [0.2, 0.25) is 0 Å². The molecule has 2 amide bonds. The Morgan fingerprint density at radius 1 is 1.27 bits per heavy atom. The molecule has 1 N–H and O–H groups in total. The van der Waals surface area contributed by atoms with Crippen molar-refractivity contribution in [1.29, 1.82) is 0 Å². The zero-order chi connectivity index (χ0) is 18.5. The van der Waals surface area contributed by atoms with Gasteiger partial charge in [0, 0.05) is 30.8 Å². The third-order valence-corrected chi connectivity index (χ3v) is 5.21. The number of nitrogens with one attached hydrogen (secondary N) is 1. The second-order valence-corrected chi connectivity index (χ2v) is 7.23. The molecule has 1 atom stereocenters. The lowest BCUT2D eigenvalue weighted by Crippen LogP contribution is -2.29. The highest BCUT2D eigenvalue weighted by Gasteiger charge is 2.34. The molecule has 26 heavy (non-hydrogen) atoms.